The lowest BCUT2D eigenvalue weighted by atomic mass is 10.1. The molecule has 1 heterocycles. The molecule has 2 rings (SSSR count). The molecular weight excluding hydrogens is 334 g/mol. The molecule has 0 fully saturated rings. The van der Waals surface area contributed by atoms with Crippen LogP contribution in [0.5, 0.6) is 5.75 Å². The molecule has 0 aliphatic carbocycles. The Balaban J connectivity index is 0.00000264. The SMILES string of the molecule is CC(C)CCOc1cccc(NC(=O)c2csc(CN)n2)c1.Cl. The molecule has 1 amide bonds. The summed E-state index contributed by atoms with van der Waals surface area (Å²) >= 11 is 1.38. The first kappa shape index (κ1) is 19.4. The molecular formula is C16H22ClN3O2S. The second-order valence-electron chi connectivity index (χ2n) is 5.34. The molecule has 0 saturated carbocycles. The molecule has 0 spiro atoms. The van der Waals surface area contributed by atoms with Gasteiger partial charge in [0, 0.05) is 23.7 Å². The maximum absolute atomic E-state index is 12.1. The van der Waals surface area contributed by atoms with Crippen LogP contribution in [0.25, 0.3) is 0 Å². The van der Waals surface area contributed by atoms with E-state index < -0.39 is 0 Å². The van der Waals surface area contributed by atoms with E-state index in [0.29, 0.717) is 30.5 Å². The summed E-state index contributed by atoms with van der Waals surface area (Å²) in [5, 5.41) is 5.27. The minimum atomic E-state index is -0.240. The number of nitrogens with zero attached hydrogens (tertiary/aromatic N) is 1. The van der Waals surface area contributed by atoms with Gasteiger partial charge in [-0.3, -0.25) is 4.79 Å². The molecule has 7 heteroatoms. The van der Waals surface area contributed by atoms with Gasteiger partial charge in [-0.15, -0.1) is 23.7 Å². The number of benzene rings is 1. The number of carbonyl (C=O) groups is 1. The highest BCUT2D eigenvalue weighted by atomic mass is 35.5. The standard InChI is InChI=1S/C16H21N3O2S.ClH/c1-11(2)6-7-21-13-5-3-4-12(8-13)18-16(20)14-10-22-15(9-17)19-14;/h3-5,8,10-11H,6-7,9,17H2,1-2H3,(H,18,20);1H. The molecule has 5 nitrogen and oxygen atoms in total. The Morgan fingerprint density at radius 3 is 2.87 bits per heavy atom. The molecule has 0 aliphatic rings. The molecule has 126 valence electrons. The summed E-state index contributed by atoms with van der Waals surface area (Å²) in [4.78, 5) is 16.3. The largest absolute Gasteiger partial charge is 0.494 e. The van der Waals surface area contributed by atoms with Crippen molar-refractivity contribution in [2.45, 2.75) is 26.8 Å². The summed E-state index contributed by atoms with van der Waals surface area (Å²) in [6, 6.07) is 7.37. The van der Waals surface area contributed by atoms with Gasteiger partial charge in [0.05, 0.1) is 6.61 Å². The number of hydrogen-bond donors (Lipinski definition) is 2. The Morgan fingerprint density at radius 2 is 2.22 bits per heavy atom. The van der Waals surface area contributed by atoms with E-state index in [1.54, 1.807) is 5.38 Å². The fourth-order valence-corrected chi connectivity index (χ4v) is 2.43. The van der Waals surface area contributed by atoms with Crippen LogP contribution in [0.4, 0.5) is 5.69 Å². The van der Waals surface area contributed by atoms with Gasteiger partial charge in [0.2, 0.25) is 0 Å². The average Bonchev–Trinajstić information content (AvgIpc) is 2.96. The number of thiazole rings is 1. The van der Waals surface area contributed by atoms with Crippen molar-refractivity contribution in [2.24, 2.45) is 11.7 Å². The van der Waals surface area contributed by atoms with Gasteiger partial charge in [-0.25, -0.2) is 4.98 Å². The van der Waals surface area contributed by atoms with Crippen LogP contribution in [0.1, 0.15) is 35.8 Å². The fourth-order valence-electron chi connectivity index (χ4n) is 1.78. The predicted octanol–water partition coefficient (Wildman–Crippen LogP) is 3.70. The van der Waals surface area contributed by atoms with Crippen LogP contribution in [-0.2, 0) is 6.54 Å². The molecule has 1 aromatic heterocycles. The average molecular weight is 356 g/mol. The zero-order valence-corrected chi connectivity index (χ0v) is 14.9. The van der Waals surface area contributed by atoms with Crippen molar-refractivity contribution in [1.29, 1.82) is 0 Å². The van der Waals surface area contributed by atoms with Gasteiger partial charge in [-0.2, -0.15) is 0 Å². The third-order valence-corrected chi connectivity index (χ3v) is 3.89. The van der Waals surface area contributed by atoms with Crippen LogP contribution >= 0.6 is 23.7 Å². The summed E-state index contributed by atoms with van der Waals surface area (Å²) in [7, 11) is 0. The number of rotatable bonds is 7. The van der Waals surface area contributed by atoms with Crippen LogP contribution in [0.3, 0.4) is 0 Å². The maximum Gasteiger partial charge on any atom is 0.275 e. The lowest BCUT2D eigenvalue weighted by Gasteiger charge is -2.10. The number of hydrogen-bond acceptors (Lipinski definition) is 5. The molecule has 0 aliphatic heterocycles. The van der Waals surface area contributed by atoms with Gasteiger partial charge in [0.1, 0.15) is 16.5 Å². The van der Waals surface area contributed by atoms with Gasteiger partial charge in [0.25, 0.3) is 5.91 Å². The van der Waals surface area contributed by atoms with E-state index in [0.717, 1.165) is 17.2 Å². The molecule has 1 aromatic carbocycles. The molecule has 2 aromatic rings. The van der Waals surface area contributed by atoms with Crippen molar-refractivity contribution in [3.05, 3.63) is 40.3 Å². The van der Waals surface area contributed by atoms with E-state index in [9.17, 15) is 4.79 Å². The third kappa shape index (κ3) is 6.17. The third-order valence-electron chi connectivity index (χ3n) is 3.01. The topological polar surface area (TPSA) is 77.2 Å². The molecule has 0 radical (unpaired) electrons. The summed E-state index contributed by atoms with van der Waals surface area (Å²) in [6.45, 7) is 5.32. The van der Waals surface area contributed by atoms with Crippen molar-refractivity contribution >= 4 is 35.3 Å². The quantitative estimate of drug-likeness (QED) is 0.793. The summed E-state index contributed by atoms with van der Waals surface area (Å²) in [5.74, 6) is 1.11. The van der Waals surface area contributed by atoms with E-state index in [1.165, 1.54) is 11.3 Å². The number of anilines is 1. The lowest BCUT2D eigenvalue weighted by Crippen LogP contribution is -2.12. The maximum atomic E-state index is 12.1. The van der Waals surface area contributed by atoms with Gasteiger partial charge >= 0.3 is 0 Å². The number of nitrogens with two attached hydrogens (primary N) is 1. The molecule has 3 N–H and O–H groups in total. The zero-order chi connectivity index (χ0) is 15.9. The highest BCUT2D eigenvalue weighted by Gasteiger charge is 2.10. The number of halogens is 1. The Kier molecular flexibility index (Phi) is 8.02. The first-order valence-electron chi connectivity index (χ1n) is 7.27. The Labute approximate surface area is 146 Å². The van der Waals surface area contributed by atoms with Crippen LogP contribution in [0, 0.1) is 5.92 Å². The van der Waals surface area contributed by atoms with Gasteiger partial charge in [0.15, 0.2) is 0 Å². The normalized spacial score (nSPS) is 10.3. The molecule has 0 bridgehead atoms. The van der Waals surface area contributed by atoms with Crippen LogP contribution in [-0.4, -0.2) is 17.5 Å². The van der Waals surface area contributed by atoms with Gasteiger partial charge in [-0.05, 0) is 24.5 Å². The number of carbonyl (C=O) groups excluding carboxylic acids is 1. The highest BCUT2D eigenvalue weighted by molar-refractivity contribution is 7.09. The van der Waals surface area contributed by atoms with Gasteiger partial charge < -0.3 is 15.8 Å². The highest BCUT2D eigenvalue weighted by Crippen LogP contribution is 2.19. The lowest BCUT2D eigenvalue weighted by molar-refractivity contribution is 0.102. The molecule has 0 saturated heterocycles. The number of amides is 1. The smallest absolute Gasteiger partial charge is 0.275 e. The Hall–Kier alpha value is -1.63. The first-order valence-corrected chi connectivity index (χ1v) is 8.15. The second kappa shape index (κ2) is 9.50. The first-order chi connectivity index (χ1) is 10.6. The van der Waals surface area contributed by atoms with Crippen LogP contribution < -0.4 is 15.8 Å². The number of ether oxygens (including phenoxy) is 1. The van der Waals surface area contributed by atoms with Crippen molar-refractivity contribution in [2.75, 3.05) is 11.9 Å². The zero-order valence-electron chi connectivity index (χ0n) is 13.2. The van der Waals surface area contributed by atoms with E-state index in [4.69, 9.17) is 10.5 Å². The fraction of sp³-hybridized carbons (Fsp3) is 0.375. The van der Waals surface area contributed by atoms with Crippen LogP contribution in [0.2, 0.25) is 0 Å². The summed E-state index contributed by atoms with van der Waals surface area (Å²) in [6.07, 6.45) is 0.997. The molecule has 0 atom stereocenters. The number of aromatic nitrogens is 1. The minimum absolute atomic E-state index is 0. The monoisotopic (exact) mass is 355 g/mol. The van der Waals surface area contributed by atoms with E-state index in [-0.39, 0.29) is 18.3 Å². The number of nitrogens with one attached hydrogen (secondary N) is 1. The second-order valence-corrected chi connectivity index (χ2v) is 6.29. The van der Waals surface area contributed by atoms with Crippen molar-refractivity contribution in [3.63, 3.8) is 0 Å². The van der Waals surface area contributed by atoms with E-state index in [1.807, 2.05) is 24.3 Å². The molecule has 0 unspecified atom stereocenters. The van der Waals surface area contributed by atoms with Crippen molar-refractivity contribution in [3.8, 4) is 5.75 Å². The molecule has 23 heavy (non-hydrogen) atoms. The van der Waals surface area contributed by atoms with E-state index in [2.05, 4.69) is 24.1 Å². The van der Waals surface area contributed by atoms with Gasteiger partial charge in [-0.1, -0.05) is 19.9 Å². The van der Waals surface area contributed by atoms with Crippen LogP contribution in [0.15, 0.2) is 29.6 Å². The summed E-state index contributed by atoms with van der Waals surface area (Å²) < 4.78 is 5.68. The van der Waals surface area contributed by atoms with Crippen molar-refractivity contribution in [1.82, 2.24) is 4.98 Å². The Bertz CT molecular complexity index is 631. The summed E-state index contributed by atoms with van der Waals surface area (Å²) in [5.41, 5.74) is 6.58. The van der Waals surface area contributed by atoms with E-state index >= 15 is 0 Å². The Morgan fingerprint density at radius 1 is 1.43 bits per heavy atom. The van der Waals surface area contributed by atoms with Crippen molar-refractivity contribution < 1.29 is 9.53 Å². The minimum Gasteiger partial charge on any atom is -0.494 e. The predicted molar refractivity (Wildman–Crippen MR) is 96.6 cm³/mol.